The zero-order chi connectivity index (χ0) is 17.4. The summed E-state index contributed by atoms with van der Waals surface area (Å²) in [4.78, 5) is 10.2. The molecule has 0 unspecified atom stereocenters. The van der Waals surface area contributed by atoms with E-state index in [-0.39, 0.29) is 22.0 Å². The van der Waals surface area contributed by atoms with Crippen LogP contribution in [0.1, 0.15) is 16.2 Å². The quantitative estimate of drug-likeness (QED) is 0.649. The Hall–Kier alpha value is -2.47. The van der Waals surface area contributed by atoms with Crippen molar-refractivity contribution in [3.63, 3.8) is 0 Å². The molecule has 0 aliphatic rings. The Balaban J connectivity index is 2.40. The molecular weight excluding hydrogens is 351 g/mol. The maximum absolute atomic E-state index is 12.8. The molecule has 4 N–H and O–H groups in total. The van der Waals surface area contributed by atoms with E-state index in [0.717, 1.165) is 24.3 Å². The van der Waals surface area contributed by atoms with Crippen molar-refractivity contribution in [2.24, 2.45) is 5.73 Å². The van der Waals surface area contributed by atoms with Gasteiger partial charge in [0.1, 0.15) is 5.69 Å². The second kappa shape index (κ2) is 5.62. The molecule has 0 saturated carbocycles. The Bertz CT molecular complexity index is 964. The number of primary amides is 1. The number of carbonyl (C=O) groups is 1. The van der Waals surface area contributed by atoms with Gasteiger partial charge in [0.25, 0.3) is 15.9 Å². The van der Waals surface area contributed by atoms with Crippen molar-refractivity contribution >= 4 is 31.8 Å². The van der Waals surface area contributed by atoms with Gasteiger partial charge in [0, 0.05) is 0 Å². The number of H-pyrrole nitrogens is 1. The van der Waals surface area contributed by atoms with E-state index >= 15 is 0 Å². The monoisotopic (exact) mass is 362 g/mol. The van der Waals surface area contributed by atoms with Gasteiger partial charge in [-0.1, -0.05) is 0 Å². The van der Waals surface area contributed by atoms with Crippen LogP contribution >= 0.6 is 0 Å². The first-order valence-corrected chi connectivity index (χ1v) is 8.81. The zero-order valence-electron chi connectivity index (χ0n) is 11.6. The van der Waals surface area contributed by atoms with E-state index in [1.807, 2.05) is 0 Å². The molecule has 0 radical (unpaired) electrons. The highest BCUT2D eigenvalue weighted by Crippen LogP contribution is 2.23. The van der Waals surface area contributed by atoms with Crippen LogP contribution in [0.15, 0.2) is 34.1 Å². The van der Waals surface area contributed by atoms with Gasteiger partial charge in [-0.25, -0.2) is 8.42 Å². The lowest BCUT2D eigenvalue weighted by molar-refractivity contribution is 0.0996. The molecular formula is C11H11FN4O5S2. The second-order valence-corrected chi connectivity index (χ2v) is 7.48. The van der Waals surface area contributed by atoms with Gasteiger partial charge in [0.05, 0.1) is 15.5 Å². The third kappa shape index (κ3) is 3.48. The lowest BCUT2D eigenvalue weighted by Crippen LogP contribution is -2.18. The summed E-state index contributed by atoms with van der Waals surface area (Å²) in [7, 11) is -9.09. The summed E-state index contributed by atoms with van der Waals surface area (Å²) < 4.78 is 60.8. The van der Waals surface area contributed by atoms with Crippen LogP contribution in [0.4, 0.5) is 9.57 Å². The molecule has 0 spiro atoms. The number of hydrogen-bond acceptors (Lipinski definition) is 6. The molecule has 1 amide bonds. The molecule has 0 aliphatic carbocycles. The van der Waals surface area contributed by atoms with Crippen molar-refractivity contribution in [3.8, 4) is 0 Å². The van der Waals surface area contributed by atoms with E-state index in [0.29, 0.717) is 0 Å². The van der Waals surface area contributed by atoms with Crippen molar-refractivity contribution in [2.45, 2.75) is 16.7 Å². The number of nitrogens with two attached hydrogens (primary N) is 1. The number of hydrogen-bond donors (Lipinski definition) is 3. The minimum atomic E-state index is -4.93. The minimum absolute atomic E-state index is 0.125. The highest BCUT2D eigenvalue weighted by molar-refractivity contribution is 7.92. The molecule has 1 aromatic carbocycles. The van der Waals surface area contributed by atoms with Crippen molar-refractivity contribution in [2.75, 3.05) is 4.72 Å². The van der Waals surface area contributed by atoms with Crippen molar-refractivity contribution in [1.29, 1.82) is 0 Å². The predicted octanol–water partition coefficient (Wildman–Crippen LogP) is 0.276. The van der Waals surface area contributed by atoms with Gasteiger partial charge in [-0.3, -0.25) is 14.6 Å². The van der Waals surface area contributed by atoms with Gasteiger partial charge >= 0.3 is 10.2 Å². The third-order valence-corrected chi connectivity index (χ3v) is 5.03. The maximum Gasteiger partial charge on any atom is 0.332 e. The van der Waals surface area contributed by atoms with Crippen molar-refractivity contribution in [3.05, 3.63) is 35.7 Å². The number of carbonyl (C=O) groups excluding carboxylic acids is 1. The standard InChI is InChI=1S/C11H11FN4O5S2/c1-6-9(10(11(13)17)15-14-6)16-23(20,21)8-4-2-7(3-5-8)22(12,18)19/h2-5,16H,1H3,(H2,13,17)(H,14,15). The van der Waals surface area contributed by atoms with Crippen LogP contribution in [-0.2, 0) is 20.2 Å². The first-order valence-electron chi connectivity index (χ1n) is 5.94. The van der Waals surface area contributed by atoms with Gasteiger partial charge in [0.2, 0.25) is 0 Å². The summed E-state index contributed by atoms with van der Waals surface area (Å²) in [6, 6.07) is 3.44. The third-order valence-electron chi connectivity index (χ3n) is 2.83. The molecule has 2 rings (SSSR count). The fourth-order valence-electron chi connectivity index (χ4n) is 1.71. The first kappa shape index (κ1) is 16.9. The summed E-state index contributed by atoms with van der Waals surface area (Å²) in [5, 5.41) is 6.00. The largest absolute Gasteiger partial charge is 0.364 e. The second-order valence-electron chi connectivity index (χ2n) is 4.45. The predicted molar refractivity (Wildman–Crippen MR) is 77.4 cm³/mol. The van der Waals surface area contributed by atoms with Gasteiger partial charge in [0.15, 0.2) is 5.69 Å². The van der Waals surface area contributed by atoms with Crippen LogP contribution in [0.3, 0.4) is 0 Å². The topological polar surface area (TPSA) is 152 Å². The van der Waals surface area contributed by atoms with E-state index in [4.69, 9.17) is 5.73 Å². The fraction of sp³-hybridized carbons (Fsp3) is 0.0909. The molecule has 9 nitrogen and oxygen atoms in total. The molecule has 0 saturated heterocycles. The Morgan fingerprint density at radius 3 is 2.17 bits per heavy atom. The summed E-state index contributed by atoms with van der Waals surface area (Å²) in [5.41, 5.74) is 4.92. The summed E-state index contributed by atoms with van der Waals surface area (Å²) in [5.74, 6) is -0.939. The Morgan fingerprint density at radius 2 is 1.70 bits per heavy atom. The fourth-order valence-corrected chi connectivity index (χ4v) is 3.30. The molecule has 124 valence electrons. The number of halogens is 1. The first-order chi connectivity index (χ1) is 10.5. The highest BCUT2D eigenvalue weighted by atomic mass is 32.3. The van der Waals surface area contributed by atoms with E-state index in [1.165, 1.54) is 6.92 Å². The van der Waals surface area contributed by atoms with E-state index < -0.39 is 31.0 Å². The van der Waals surface area contributed by atoms with E-state index in [2.05, 4.69) is 14.9 Å². The number of rotatable bonds is 5. The number of amides is 1. The molecule has 12 heteroatoms. The lowest BCUT2D eigenvalue weighted by atomic mass is 10.3. The van der Waals surface area contributed by atoms with Crippen LogP contribution in [0.2, 0.25) is 0 Å². The summed E-state index contributed by atoms with van der Waals surface area (Å²) >= 11 is 0. The van der Waals surface area contributed by atoms with Gasteiger partial charge in [-0.05, 0) is 31.2 Å². The van der Waals surface area contributed by atoms with Crippen molar-refractivity contribution in [1.82, 2.24) is 10.2 Å². The molecule has 0 aliphatic heterocycles. The summed E-state index contributed by atoms with van der Waals surface area (Å²) in [6.07, 6.45) is 0. The maximum atomic E-state index is 12.8. The number of benzene rings is 1. The molecule has 0 fully saturated rings. The number of aryl methyl sites for hydroxylation is 1. The number of nitrogens with one attached hydrogen (secondary N) is 2. The minimum Gasteiger partial charge on any atom is -0.364 e. The smallest absolute Gasteiger partial charge is 0.332 e. The average Bonchev–Trinajstić information content (AvgIpc) is 2.79. The zero-order valence-corrected chi connectivity index (χ0v) is 13.2. The number of anilines is 1. The van der Waals surface area contributed by atoms with Crippen LogP contribution < -0.4 is 10.5 Å². The van der Waals surface area contributed by atoms with Gasteiger partial charge < -0.3 is 5.73 Å². The number of nitrogens with zero attached hydrogens (tertiary/aromatic N) is 1. The van der Waals surface area contributed by atoms with Crippen LogP contribution in [0.25, 0.3) is 0 Å². The van der Waals surface area contributed by atoms with Crippen molar-refractivity contribution < 1.29 is 25.5 Å². The average molecular weight is 362 g/mol. The number of aromatic amines is 1. The van der Waals surface area contributed by atoms with E-state index in [1.54, 1.807) is 0 Å². The highest BCUT2D eigenvalue weighted by Gasteiger charge is 2.22. The number of aromatic nitrogens is 2. The Labute approximate surface area is 131 Å². The summed E-state index contributed by atoms with van der Waals surface area (Å²) in [6.45, 7) is 1.47. The van der Waals surface area contributed by atoms with Crippen LogP contribution in [0.5, 0.6) is 0 Å². The number of sulfonamides is 1. The molecule has 0 bridgehead atoms. The van der Waals surface area contributed by atoms with Gasteiger partial charge in [-0.2, -0.15) is 13.5 Å². The molecule has 1 heterocycles. The molecule has 23 heavy (non-hydrogen) atoms. The molecule has 2 aromatic rings. The molecule has 0 atom stereocenters. The Morgan fingerprint density at radius 1 is 1.17 bits per heavy atom. The van der Waals surface area contributed by atoms with E-state index in [9.17, 15) is 25.5 Å². The SMILES string of the molecule is Cc1[nH]nc(C(N)=O)c1NS(=O)(=O)c1ccc(S(=O)(=O)F)cc1. The Kier molecular flexibility index (Phi) is 4.13. The molecule has 1 aromatic heterocycles. The lowest BCUT2D eigenvalue weighted by Gasteiger charge is -2.08. The normalized spacial score (nSPS) is 12.1. The van der Waals surface area contributed by atoms with Crippen LogP contribution in [0, 0.1) is 6.92 Å². The van der Waals surface area contributed by atoms with Gasteiger partial charge in [-0.15, -0.1) is 3.89 Å². The van der Waals surface area contributed by atoms with Crippen LogP contribution in [-0.4, -0.2) is 32.9 Å².